The summed E-state index contributed by atoms with van der Waals surface area (Å²) in [5.41, 5.74) is 3.86. The van der Waals surface area contributed by atoms with Crippen molar-refractivity contribution in [2.75, 3.05) is 0 Å². The molecule has 0 amide bonds. The van der Waals surface area contributed by atoms with Gasteiger partial charge in [-0.25, -0.2) is 0 Å². The maximum absolute atomic E-state index is 10.6. The van der Waals surface area contributed by atoms with Gasteiger partial charge in [-0.1, -0.05) is 56.2 Å². The summed E-state index contributed by atoms with van der Waals surface area (Å²) >= 11 is 0. The molecule has 1 aliphatic rings. The normalized spacial score (nSPS) is 24.9. The predicted molar refractivity (Wildman–Crippen MR) is 81.0 cm³/mol. The lowest BCUT2D eigenvalue weighted by Crippen LogP contribution is -2.19. The highest BCUT2D eigenvalue weighted by Gasteiger charge is 2.25. The van der Waals surface area contributed by atoms with Gasteiger partial charge >= 0.3 is 0 Å². The van der Waals surface area contributed by atoms with E-state index in [1.807, 2.05) is 0 Å². The summed E-state index contributed by atoms with van der Waals surface area (Å²) in [4.78, 5) is 0. The van der Waals surface area contributed by atoms with Crippen molar-refractivity contribution in [3.63, 3.8) is 0 Å². The third-order valence-electron chi connectivity index (χ3n) is 4.13. The minimum absolute atomic E-state index is 0.318. The van der Waals surface area contributed by atoms with Crippen molar-refractivity contribution in [3.05, 3.63) is 47.0 Å². The highest BCUT2D eigenvalue weighted by molar-refractivity contribution is 5.25. The van der Waals surface area contributed by atoms with Crippen molar-refractivity contribution in [2.24, 2.45) is 11.8 Å². The van der Waals surface area contributed by atoms with E-state index in [1.165, 1.54) is 17.6 Å². The van der Waals surface area contributed by atoms with Crippen LogP contribution in [0.5, 0.6) is 0 Å². The molecule has 0 fully saturated rings. The first-order valence-corrected chi connectivity index (χ1v) is 7.54. The molecule has 19 heavy (non-hydrogen) atoms. The van der Waals surface area contributed by atoms with Gasteiger partial charge in [0.05, 0.1) is 6.10 Å². The van der Waals surface area contributed by atoms with Crippen LogP contribution in [0.25, 0.3) is 0 Å². The highest BCUT2D eigenvalue weighted by atomic mass is 16.3. The van der Waals surface area contributed by atoms with Crippen molar-refractivity contribution < 1.29 is 5.11 Å². The van der Waals surface area contributed by atoms with Crippen molar-refractivity contribution >= 4 is 0 Å². The van der Waals surface area contributed by atoms with Gasteiger partial charge < -0.3 is 5.11 Å². The second-order valence-electron chi connectivity index (χ2n) is 6.13. The fourth-order valence-electron chi connectivity index (χ4n) is 3.28. The lowest BCUT2D eigenvalue weighted by molar-refractivity contribution is 0.0932. The van der Waals surface area contributed by atoms with E-state index in [1.54, 1.807) is 0 Å². The zero-order valence-corrected chi connectivity index (χ0v) is 12.4. The predicted octanol–water partition coefficient (Wildman–Crippen LogP) is 4.66. The zero-order chi connectivity index (χ0) is 13.8. The molecule has 1 aliphatic carbocycles. The van der Waals surface area contributed by atoms with E-state index < -0.39 is 0 Å². The number of hydrogen-bond acceptors (Lipinski definition) is 1. The van der Waals surface area contributed by atoms with Crippen molar-refractivity contribution in [2.45, 2.75) is 52.6 Å². The standard InChI is InChI=1S/C18H26O/c1-4-5-15-6-8-16(9-7-15)18(19)17-11-13(2)10-14(3)12-17/h6-10,13,17-19H,4-5,11-12H2,1-3H3. The molecule has 0 saturated carbocycles. The molecular weight excluding hydrogens is 232 g/mol. The molecule has 104 valence electrons. The quantitative estimate of drug-likeness (QED) is 0.778. The Hall–Kier alpha value is -1.08. The number of aliphatic hydroxyl groups excluding tert-OH is 1. The Balaban J connectivity index is 2.07. The first kappa shape index (κ1) is 14.3. The minimum atomic E-state index is -0.318. The van der Waals surface area contributed by atoms with E-state index in [4.69, 9.17) is 0 Å². The fourth-order valence-corrected chi connectivity index (χ4v) is 3.28. The molecule has 0 spiro atoms. The molecule has 1 N–H and O–H groups in total. The van der Waals surface area contributed by atoms with E-state index in [0.29, 0.717) is 11.8 Å². The SMILES string of the molecule is CCCc1ccc(C(O)C2CC(C)=CC(C)C2)cc1. The second-order valence-corrected chi connectivity index (χ2v) is 6.13. The van der Waals surface area contributed by atoms with Crippen LogP contribution in [-0.2, 0) is 6.42 Å². The summed E-state index contributed by atoms with van der Waals surface area (Å²) in [6, 6.07) is 8.54. The average Bonchev–Trinajstić information content (AvgIpc) is 2.38. The number of rotatable bonds is 4. The summed E-state index contributed by atoms with van der Waals surface area (Å²) in [6.45, 7) is 6.62. The number of aliphatic hydroxyl groups is 1. The molecule has 1 aromatic rings. The minimum Gasteiger partial charge on any atom is -0.388 e. The van der Waals surface area contributed by atoms with Gasteiger partial charge in [0.25, 0.3) is 0 Å². The van der Waals surface area contributed by atoms with Gasteiger partial charge in [0.2, 0.25) is 0 Å². The van der Waals surface area contributed by atoms with Crippen molar-refractivity contribution in [1.82, 2.24) is 0 Å². The number of benzene rings is 1. The van der Waals surface area contributed by atoms with Gasteiger partial charge in [0.1, 0.15) is 0 Å². The van der Waals surface area contributed by atoms with E-state index in [0.717, 1.165) is 24.8 Å². The fraction of sp³-hybridized carbons (Fsp3) is 0.556. The third kappa shape index (κ3) is 3.70. The van der Waals surface area contributed by atoms with Crippen LogP contribution in [0, 0.1) is 11.8 Å². The van der Waals surface area contributed by atoms with Crippen molar-refractivity contribution in [3.8, 4) is 0 Å². The van der Waals surface area contributed by atoms with Crippen LogP contribution in [0.4, 0.5) is 0 Å². The molecule has 1 nitrogen and oxygen atoms in total. The van der Waals surface area contributed by atoms with Gasteiger partial charge in [-0.15, -0.1) is 0 Å². The van der Waals surface area contributed by atoms with Crippen molar-refractivity contribution in [1.29, 1.82) is 0 Å². The molecular formula is C18H26O. The van der Waals surface area contributed by atoms with Gasteiger partial charge in [-0.05, 0) is 49.1 Å². The molecule has 0 aliphatic heterocycles. The maximum atomic E-state index is 10.6. The summed E-state index contributed by atoms with van der Waals surface area (Å²) < 4.78 is 0. The molecule has 0 heterocycles. The summed E-state index contributed by atoms with van der Waals surface area (Å²) in [5.74, 6) is 0.963. The van der Waals surface area contributed by atoms with Gasteiger partial charge in [0, 0.05) is 0 Å². The largest absolute Gasteiger partial charge is 0.388 e. The molecule has 3 atom stereocenters. The lowest BCUT2D eigenvalue weighted by Gasteiger charge is -2.29. The molecule has 0 bridgehead atoms. The van der Waals surface area contributed by atoms with E-state index >= 15 is 0 Å². The first-order valence-electron chi connectivity index (χ1n) is 7.54. The summed E-state index contributed by atoms with van der Waals surface area (Å²) in [7, 11) is 0. The van der Waals surface area contributed by atoms with Crippen LogP contribution in [0.3, 0.4) is 0 Å². The molecule has 1 heteroatoms. The van der Waals surface area contributed by atoms with Gasteiger partial charge in [0.15, 0.2) is 0 Å². The maximum Gasteiger partial charge on any atom is 0.0821 e. The first-order chi connectivity index (χ1) is 9.10. The van der Waals surface area contributed by atoms with Crippen LogP contribution in [0.2, 0.25) is 0 Å². The smallest absolute Gasteiger partial charge is 0.0821 e. The highest BCUT2D eigenvalue weighted by Crippen LogP contribution is 2.36. The molecule has 2 rings (SSSR count). The Kier molecular flexibility index (Phi) is 4.81. The Morgan fingerprint density at radius 1 is 1.26 bits per heavy atom. The Morgan fingerprint density at radius 3 is 2.53 bits per heavy atom. The Morgan fingerprint density at radius 2 is 1.95 bits per heavy atom. The number of hydrogen-bond donors (Lipinski definition) is 1. The van der Waals surface area contributed by atoms with Crippen LogP contribution >= 0.6 is 0 Å². The molecule has 3 unspecified atom stereocenters. The molecule has 0 aromatic heterocycles. The summed E-state index contributed by atoms with van der Waals surface area (Å²) in [5, 5.41) is 10.6. The second kappa shape index (κ2) is 6.38. The van der Waals surface area contributed by atoms with Crippen LogP contribution in [-0.4, -0.2) is 5.11 Å². The topological polar surface area (TPSA) is 20.2 Å². The van der Waals surface area contributed by atoms with E-state index in [2.05, 4.69) is 51.1 Å². The average molecular weight is 258 g/mol. The lowest BCUT2D eigenvalue weighted by atomic mass is 9.79. The molecule has 0 saturated heterocycles. The van der Waals surface area contributed by atoms with Gasteiger partial charge in [-0.3, -0.25) is 0 Å². The van der Waals surface area contributed by atoms with Crippen LogP contribution in [0.15, 0.2) is 35.9 Å². The number of allylic oxidation sites excluding steroid dienone is 2. The van der Waals surface area contributed by atoms with Crippen LogP contribution < -0.4 is 0 Å². The monoisotopic (exact) mass is 258 g/mol. The molecule has 1 aromatic carbocycles. The third-order valence-corrected chi connectivity index (χ3v) is 4.13. The Labute approximate surface area is 117 Å². The zero-order valence-electron chi connectivity index (χ0n) is 12.4. The van der Waals surface area contributed by atoms with E-state index in [9.17, 15) is 5.11 Å². The summed E-state index contributed by atoms with van der Waals surface area (Å²) in [6.07, 6.45) is 6.44. The van der Waals surface area contributed by atoms with Crippen LogP contribution in [0.1, 0.15) is 57.3 Å². The Bertz CT molecular complexity index is 430. The van der Waals surface area contributed by atoms with Gasteiger partial charge in [-0.2, -0.15) is 0 Å². The van der Waals surface area contributed by atoms with E-state index in [-0.39, 0.29) is 6.10 Å². The number of aryl methyl sites for hydroxylation is 1. The molecule has 0 radical (unpaired) electrons.